The van der Waals surface area contributed by atoms with Crippen LogP contribution in [-0.2, 0) is 9.53 Å². The number of benzene rings is 1. The number of halogens is 1. The number of hydrogen-bond acceptors (Lipinski definition) is 3. The van der Waals surface area contributed by atoms with Gasteiger partial charge in [0, 0.05) is 25.3 Å². The molecule has 1 atom stereocenters. The molecule has 0 spiro atoms. The molecule has 1 amide bonds. The smallest absolute Gasteiger partial charge is 0.260 e. The standard InChI is InChI=1S/C13H18ClNO3/c1-10(13(16)15-8-3-9-17-2)18-12-6-4-11(14)5-7-12/h4-7,10H,3,8-9H2,1-2H3,(H,15,16). The first-order chi connectivity index (χ1) is 8.63. The summed E-state index contributed by atoms with van der Waals surface area (Å²) in [5.74, 6) is 0.486. The van der Waals surface area contributed by atoms with Gasteiger partial charge in [-0.1, -0.05) is 11.6 Å². The highest BCUT2D eigenvalue weighted by Crippen LogP contribution is 2.16. The van der Waals surface area contributed by atoms with E-state index in [0.717, 1.165) is 6.42 Å². The third-order valence-electron chi connectivity index (χ3n) is 2.32. The highest BCUT2D eigenvalue weighted by Gasteiger charge is 2.13. The van der Waals surface area contributed by atoms with Gasteiger partial charge in [-0.2, -0.15) is 0 Å². The van der Waals surface area contributed by atoms with Gasteiger partial charge in [-0.25, -0.2) is 0 Å². The molecule has 0 radical (unpaired) electrons. The van der Waals surface area contributed by atoms with Crippen LogP contribution in [0.15, 0.2) is 24.3 Å². The summed E-state index contributed by atoms with van der Waals surface area (Å²) in [5, 5.41) is 3.42. The average molecular weight is 272 g/mol. The van der Waals surface area contributed by atoms with E-state index in [-0.39, 0.29) is 5.91 Å². The topological polar surface area (TPSA) is 47.6 Å². The van der Waals surface area contributed by atoms with E-state index in [9.17, 15) is 4.79 Å². The number of carbonyl (C=O) groups is 1. The summed E-state index contributed by atoms with van der Waals surface area (Å²) in [6.45, 7) is 2.92. The quantitative estimate of drug-likeness (QED) is 0.774. The molecule has 4 nitrogen and oxygen atoms in total. The van der Waals surface area contributed by atoms with Crippen LogP contribution in [0.1, 0.15) is 13.3 Å². The molecule has 5 heteroatoms. The van der Waals surface area contributed by atoms with Gasteiger partial charge in [-0.15, -0.1) is 0 Å². The van der Waals surface area contributed by atoms with E-state index in [1.165, 1.54) is 0 Å². The molecule has 0 bridgehead atoms. The van der Waals surface area contributed by atoms with Crippen LogP contribution in [0.4, 0.5) is 0 Å². The van der Waals surface area contributed by atoms with Crippen LogP contribution < -0.4 is 10.1 Å². The van der Waals surface area contributed by atoms with E-state index >= 15 is 0 Å². The Bertz CT molecular complexity index is 367. The Labute approximate surface area is 112 Å². The fourth-order valence-electron chi connectivity index (χ4n) is 1.34. The number of rotatable bonds is 7. The van der Waals surface area contributed by atoms with E-state index < -0.39 is 6.10 Å². The average Bonchev–Trinajstić information content (AvgIpc) is 2.37. The molecule has 0 aliphatic rings. The van der Waals surface area contributed by atoms with E-state index in [1.54, 1.807) is 38.3 Å². The van der Waals surface area contributed by atoms with Crippen molar-refractivity contribution in [3.8, 4) is 5.75 Å². The van der Waals surface area contributed by atoms with Crippen molar-refractivity contribution in [3.63, 3.8) is 0 Å². The molecule has 0 saturated heterocycles. The van der Waals surface area contributed by atoms with Gasteiger partial charge in [-0.3, -0.25) is 4.79 Å². The number of carbonyl (C=O) groups excluding carboxylic acids is 1. The summed E-state index contributed by atoms with van der Waals surface area (Å²) in [5.41, 5.74) is 0. The predicted molar refractivity (Wildman–Crippen MR) is 71.0 cm³/mol. The minimum Gasteiger partial charge on any atom is -0.481 e. The largest absolute Gasteiger partial charge is 0.481 e. The minimum atomic E-state index is -0.534. The molecular formula is C13H18ClNO3. The summed E-state index contributed by atoms with van der Waals surface area (Å²) in [6.07, 6.45) is 0.254. The van der Waals surface area contributed by atoms with Gasteiger partial charge in [0.1, 0.15) is 5.75 Å². The van der Waals surface area contributed by atoms with Crippen LogP contribution in [0.25, 0.3) is 0 Å². The Hall–Kier alpha value is -1.26. The molecule has 0 fully saturated rings. The van der Waals surface area contributed by atoms with Crippen LogP contribution in [0.5, 0.6) is 5.75 Å². The van der Waals surface area contributed by atoms with Crippen LogP contribution in [0, 0.1) is 0 Å². The normalized spacial score (nSPS) is 11.9. The Kier molecular flexibility index (Phi) is 6.54. The summed E-state index contributed by atoms with van der Waals surface area (Å²) in [4.78, 5) is 11.7. The van der Waals surface area contributed by atoms with Crippen LogP contribution in [0.2, 0.25) is 5.02 Å². The summed E-state index contributed by atoms with van der Waals surface area (Å²) < 4.78 is 10.4. The van der Waals surface area contributed by atoms with Gasteiger partial charge in [0.25, 0.3) is 5.91 Å². The Morgan fingerprint density at radius 2 is 2.06 bits per heavy atom. The van der Waals surface area contributed by atoms with Gasteiger partial charge in [0.2, 0.25) is 0 Å². The zero-order chi connectivity index (χ0) is 13.4. The fourth-order valence-corrected chi connectivity index (χ4v) is 1.47. The second-order valence-electron chi connectivity index (χ2n) is 3.85. The van der Waals surface area contributed by atoms with Crippen LogP contribution >= 0.6 is 11.6 Å². The Balaban J connectivity index is 2.33. The fraction of sp³-hybridized carbons (Fsp3) is 0.462. The molecular weight excluding hydrogens is 254 g/mol. The summed E-state index contributed by atoms with van der Waals surface area (Å²) >= 11 is 5.76. The zero-order valence-corrected chi connectivity index (χ0v) is 11.4. The second-order valence-corrected chi connectivity index (χ2v) is 4.29. The minimum absolute atomic E-state index is 0.138. The zero-order valence-electron chi connectivity index (χ0n) is 10.6. The van der Waals surface area contributed by atoms with Gasteiger partial charge >= 0.3 is 0 Å². The summed E-state index contributed by atoms with van der Waals surface area (Å²) in [6, 6.07) is 6.91. The maximum absolute atomic E-state index is 11.7. The lowest BCUT2D eigenvalue weighted by atomic mass is 10.3. The van der Waals surface area contributed by atoms with Crippen molar-refractivity contribution in [1.82, 2.24) is 5.32 Å². The van der Waals surface area contributed by atoms with Gasteiger partial charge in [-0.05, 0) is 37.6 Å². The molecule has 1 aromatic rings. The second kappa shape index (κ2) is 7.95. The van der Waals surface area contributed by atoms with Crippen molar-refractivity contribution in [2.75, 3.05) is 20.3 Å². The summed E-state index contributed by atoms with van der Waals surface area (Å²) in [7, 11) is 1.63. The molecule has 1 rings (SSSR count). The molecule has 18 heavy (non-hydrogen) atoms. The highest BCUT2D eigenvalue weighted by atomic mass is 35.5. The SMILES string of the molecule is COCCCNC(=O)C(C)Oc1ccc(Cl)cc1. The van der Waals surface area contributed by atoms with Crippen molar-refractivity contribution in [2.45, 2.75) is 19.4 Å². The van der Waals surface area contributed by atoms with E-state index in [4.69, 9.17) is 21.1 Å². The molecule has 0 aliphatic carbocycles. The van der Waals surface area contributed by atoms with E-state index in [1.807, 2.05) is 0 Å². The highest BCUT2D eigenvalue weighted by molar-refractivity contribution is 6.30. The van der Waals surface area contributed by atoms with Crippen molar-refractivity contribution in [3.05, 3.63) is 29.3 Å². The third kappa shape index (κ3) is 5.38. The molecule has 0 saturated carbocycles. The van der Waals surface area contributed by atoms with Gasteiger partial charge in [0.15, 0.2) is 6.10 Å². The number of amides is 1. The molecule has 1 aromatic carbocycles. The maximum atomic E-state index is 11.7. The lowest BCUT2D eigenvalue weighted by Gasteiger charge is -2.14. The van der Waals surface area contributed by atoms with Crippen LogP contribution in [0.3, 0.4) is 0 Å². The first kappa shape index (κ1) is 14.8. The number of nitrogens with one attached hydrogen (secondary N) is 1. The first-order valence-electron chi connectivity index (χ1n) is 5.82. The van der Waals surface area contributed by atoms with Crippen molar-refractivity contribution >= 4 is 17.5 Å². The number of hydrogen-bond donors (Lipinski definition) is 1. The van der Waals surface area contributed by atoms with Crippen LogP contribution in [-0.4, -0.2) is 32.3 Å². The lowest BCUT2D eigenvalue weighted by molar-refractivity contribution is -0.127. The molecule has 0 aromatic heterocycles. The molecule has 100 valence electrons. The molecule has 1 unspecified atom stereocenters. The van der Waals surface area contributed by atoms with E-state index in [0.29, 0.717) is 23.9 Å². The Morgan fingerprint density at radius 3 is 2.67 bits per heavy atom. The number of methoxy groups -OCH3 is 1. The van der Waals surface area contributed by atoms with E-state index in [2.05, 4.69) is 5.32 Å². The molecule has 0 heterocycles. The monoisotopic (exact) mass is 271 g/mol. The van der Waals surface area contributed by atoms with Crippen molar-refractivity contribution < 1.29 is 14.3 Å². The lowest BCUT2D eigenvalue weighted by Crippen LogP contribution is -2.37. The predicted octanol–water partition coefficient (Wildman–Crippen LogP) is 2.26. The van der Waals surface area contributed by atoms with Crippen molar-refractivity contribution in [1.29, 1.82) is 0 Å². The Morgan fingerprint density at radius 1 is 1.39 bits per heavy atom. The first-order valence-corrected chi connectivity index (χ1v) is 6.20. The van der Waals surface area contributed by atoms with Gasteiger partial charge in [0.05, 0.1) is 0 Å². The molecule has 0 aliphatic heterocycles. The molecule has 1 N–H and O–H groups in total. The maximum Gasteiger partial charge on any atom is 0.260 e. The van der Waals surface area contributed by atoms with Gasteiger partial charge < -0.3 is 14.8 Å². The third-order valence-corrected chi connectivity index (χ3v) is 2.57. The van der Waals surface area contributed by atoms with Crippen molar-refractivity contribution in [2.24, 2.45) is 0 Å². The number of ether oxygens (including phenoxy) is 2.